The van der Waals surface area contributed by atoms with E-state index in [4.69, 9.17) is 0 Å². The maximum atomic E-state index is 13.3. The number of alkyl halides is 14. The van der Waals surface area contributed by atoms with Gasteiger partial charge in [-0.05, 0) is 6.92 Å². The van der Waals surface area contributed by atoms with Crippen LogP contribution in [0.2, 0.25) is 0 Å². The summed E-state index contributed by atoms with van der Waals surface area (Å²) in [6.07, 6.45) is -11.0. The lowest BCUT2D eigenvalue weighted by Gasteiger charge is -2.43. The van der Waals surface area contributed by atoms with Gasteiger partial charge in [-0.15, -0.1) is 0 Å². The van der Waals surface area contributed by atoms with Crippen LogP contribution in [0.4, 0.5) is 61.5 Å². The van der Waals surface area contributed by atoms with Gasteiger partial charge in [0.1, 0.15) is 0 Å². The van der Waals surface area contributed by atoms with Crippen LogP contribution >= 0.6 is 0 Å². The lowest BCUT2D eigenvalue weighted by molar-refractivity contribution is -0.431. The Bertz CT molecular complexity index is 530. The predicted octanol–water partition coefficient (Wildman–Crippen LogP) is 5.24. The molecule has 1 rings (SSSR count). The van der Waals surface area contributed by atoms with Gasteiger partial charge in [-0.25, -0.2) is 4.39 Å². The van der Waals surface area contributed by atoms with Crippen molar-refractivity contribution in [3.05, 3.63) is 0 Å². The number of hydrogen-bond acceptors (Lipinski definition) is 1. The van der Waals surface area contributed by atoms with Gasteiger partial charge in [0.05, 0.1) is 12.7 Å². The molecule has 1 aliphatic rings. The van der Waals surface area contributed by atoms with Crippen LogP contribution < -0.4 is 0 Å². The Morgan fingerprint density at radius 3 is 1.31 bits per heavy atom. The van der Waals surface area contributed by atoms with Crippen molar-refractivity contribution in [2.75, 3.05) is 6.61 Å². The standard InChI is InChI=1S/C11H8F14O/c1-5(12,11(23,24)25)7(15,16)9(19,20)10(21,22)8(17,18)6(13,14)2-4-3-26-4/h4H,2-3H2,1H3. The van der Waals surface area contributed by atoms with E-state index in [9.17, 15) is 61.5 Å². The van der Waals surface area contributed by atoms with Gasteiger partial charge in [-0.2, -0.15) is 57.1 Å². The Balaban J connectivity index is 3.42. The second-order valence-corrected chi connectivity index (χ2v) is 5.66. The van der Waals surface area contributed by atoms with Crippen LogP contribution in [0, 0.1) is 0 Å². The molecule has 0 aliphatic carbocycles. The van der Waals surface area contributed by atoms with E-state index in [-0.39, 0.29) is 0 Å². The number of ether oxygens (including phenoxy) is 1. The molecule has 26 heavy (non-hydrogen) atoms. The van der Waals surface area contributed by atoms with Crippen LogP contribution in [0.15, 0.2) is 0 Å². The molecular formula is C11H8F14O. The van der Waals surface area contributed by atoms with E-state index in [0.717, 1.165) is 0 Å². The molecule has 0 radical (unpaired) electrons. The van der Waals surface area contributed by atoms with Crippen LogP contribution in [0.1, 0.15) is 13.3 Å². The average molecular weight is 422 g/mol. The molecule has 1 saturated heterocycles. The minimum absolute atomic E-state index is 0.652. The molecule has 2 unspecified atom stereocenters. The zero-order valence-electron chi connectivity index (χ0n) is 12.2. The van der Waals surface area contributed by atoms with Gasteiger partial charge in [0, 0.05) is 6.42 Å². The summed E-state index contributed by atoms with van der Waals surface area (Å²) >= 11 is 0. The largest absolute Gasteiger partial charge is 0.428 e. The van der Waals surface area contributed by atoms with Crippen LogP contribution in [-0.2, 0) is 4.74 Å². The first-order valence-electron chi connectivity index (χ1n) is 6.34. The summed E-state index contributed by atoms with van der Waals surface area (Å²) < 4.78 is 186. The highest BCUT2D eigenvalue weighted by atomic mass is 19.4. The summed E-state index contributed by atoms with van der Waals surface area (Å²) in [5.74, 6) is -36.5. The minimum atomic E-state index is -7.85. The van der Waals surface area contributed by atoms with Gasteiger partial charge in [0.25, 0.3) is 5.67 Å². The molecule has 0 aromatic carbocycles. The van der Waals surface area contributed by atoms with Crippen molar-refractivity contribution in [2.24, 2.45) is 0 Å². The topological polar surface area (TPSA) is 12.5 Å². The molecule has 15 heteroatoms. The highest BCUT2D eigenvalue weighted by molar-refractivity contribution is 5.14. The van der Waals surface area contributed by atoms with Crippen molar-refractivity contribution in [1.82, 2.24) is 0 Å². The molecule has 0 bridgehead atoms. The van der Waals surface area contributed by atoms with Crippen molar-refractivity contribution in [1.29, 1.82) is 0 Å². The fourth-order valence-corrected chi connectivity index (χ4v) is 1.70. The normalized spacial score (nSPS) is 23.0. The summed E-state index contributed by atoms with van der Waals surface area (Å²) in [6.45, 7) is -1.97. The molecule has 2 atom stereocenters. The lowest BCUT2D eigenvalue weighted by Crippen LogP contribution is -2.73. The van der Waals surface area contributed by atoms with Gasteiger partial charge in [0.15, 0.2) is 0 Å². The van der Waals surface area contributed by atoms with Crippen molar-refractivity contribution in [3.8, 4) is 0 Å². The second kappa shape index (κ2) is 5.74. The van der Waals surface area contributed by atoms with Crippen LogP contribution in [-0.4, -0.2) is 54.2 Å². The first-order chi connectivity index (χ1) is 11.1. The van der Waals surface area contributed by atoms with E-state index in [2.05, 4.69) is 4.74 Å². The van der Waals surface area contributed by atoms with Gasteiger partial charge in [-0.1, -0.05) is 0 Å². The Morgan fingerprint density at radius 2 is 1.00 bits per heavy atom. The van der Waals surface area contributed by atoms with E-state index in [1.54, 1.807) is 0 Å². The van der Waals surface area contributed by atoms with Crippen molar-refractivity contribution < 1.29 is 66.2 Å². The first kappa shape index (κ1) is 23.0. The van der Waals surface area contributed by atoms with E-state index in [0.29, 0.717) is 0 Å². The van der Waals surface area contributed by atoms with Crippen molar-refractivity contribution in [2.45, 2.75) is 60.9 Å². The smallest absolute Gasteiger partial charge is 0.373 e. The predicted molar refractivity (Wildman–Crippen MR) is 54.7 cm³/mol. The number of hydrogen-bond donors (Lipinski definition) is 0. The summed E-state index contributed by atoms with van der Waals surface area (Å²) in [7, 11) is 0. The Hall–Kier alpha value is -1.02. The van der Waals surface area contributed by atoms with Gasteiger partial charge < -0.3 is 4.74 Å². The Morgan fingerprint density at radius 1 is 0.654 bits per heavy atom. The van der Waals surface area contributed by atoms with Crippen molar-refractivity contribution in [3.63, 3.8) is 0 Å². The minimum Gasteiger partial charge on any atom is -0.373 e. The highest BCUT2D eigenvalue weighted by Gasteiger charge is 2.91. The van der Waals surface area contributed by atoms with E-state index in [1.165, 1.54) is 0 Å². The molecule has 0 aromatic heterocycles. The van der Waals surface area contributed by atoms with Gasteiger partial charge >= 0.3 is 35.8 Å². The molecule has 0 aromatic rings. The number of halogens is 14. The molecule has 1 heterocycles. The zero-order valence-corrected chi connectivity index (χ0v) is 12.2. The molecule has 0 spiro atoms. The number of epoxide rings is 1. The monoisotopic (exact) mass is 422 g/mol. The first-order valence-corrected chi connectivity index (χ1v) is 6.34. The molecule has 0 saturated carbocycles. The molecule has 156 valence electrons. The fourth-order valence-electron chi connectivity index (χ4n) is 1.70. The fraction of sp³-hybridized carbons (Fsp3) is 1.00. The van der Waals surface area contributed by atoms with Gasteiger partial charge in [-0.3, -0.25) is 0 Å². The van der Waals surface area contributed by atoms with Crippen molar-refractivity contribution >= 4 is 0 Å². The lowest BCUT2D eigenvalue weighted by atomic mass is 9.85. The third-order valence-electron chi connectivity index (χ3n) is 3.65. The summed E-state index contributed by atoms with van der Waals surface area (Å²) in [4.78, 5) is 0. The summed E-state index contributed by atoms with van der Waals surface area (Å²) in [5.41, 5.74) is -6.45. The summed E-state index contributed by atoms with van der Waals surface area (Å²) in [5, 5.41) is 0. The van der Waals surface area contributed by atoms with E-state index >= 15 is 0 Å². The molecular weight excluding hydrogens is 414 g/mol. The molecule has 0 amide bonds. The maximum absolute atomic E-state index is 13.3. The highest BCUT2D eigenvalue weighted by Crippen LogP contribution is 2.62. The Labute approximate surface area is 135 Å². The molecule has 1 nitrogen and oxygen atoms in total. The van der Waals surface area contributed by atoms with Crippen LogP contribution in [0.5, 0.6) is 0 Å². The Kier molecular flexibility index (Phi) is 5.08. The number of rotatable bonds is 7. The SMILES string of the molecule is CC(F)(C(F)(F)F)C(F)(F)C(F)(F)C(F)(F)C(F)(F)C(F)(F)CC1CO1. The molecule has 0 N–H and O–H groups in total. The molecule has 1 aliphatic heterocycles. The zero-order chi connectivity index (χ0) is 21.2. The van der Waals surface area contributed by atoms with E-state index in [1.807, 2.05) is 0 Å². The van der Waals surface area contributed by atoms with E-state index < -0.39 is 67.5 Å². The quantitative estimate of drug-likeness (QED) is 0.404. The second-order valence-electron chi connectivity index (χ2n) is 5.66. The third kappa shape index (κ3) is 2.99. The average Bonchev–Trinajstić information content (AvgIpc) is 3.19. The third-order valence-corrected chi connectivity index (χ3v) is 3.65. The maximum Gasteiger partial charge on any atom is 0.428 e. The molecule has 1 fully saturated rings. The van der Waals surface area contributed by atoms with Crippen LogP contribution in [0.25, 0.3) is 0 Å². The summed E-state index contributed by atoms with van der Waals surface area (Å²) in [6, 6.07) is 0. The van der Waals surface area contributed by atoms with Gasteiger partial charge in [0.2, 0.25) is 0 Å². The van der Waals surface area contributed by atoms with Crippen LogP contribution in [0.3, 0.4) is 0 Å².